The molecule has 2 atom stereocenters. The van der Waals surface area contributed by atoms with Gasteiger partial charge >= 0.3 is 5.97 Å². The average molecular weight is 362 g/mol. The number of aryl methyl sites for hydroxylation is 1. The minimum Gasteiger partial charge on any atom is -0.479 e. The Hall–Kier alpha value is -2.41. The Balaban J connectivity index is 1.95. The van der Waals surface area contributed by atoms with Gasteiger partial charge in [-0.05, 0) is 37.5 Å². The van der Waals surface area contributed by atoms with Gasteiger partial charge < -0.3 is 20.4 Å². The molecular weight excluding hydrogens is 336 g/mol. The second-order valence-corrected chi connectivity index (χ2v) is 6.97. The van der Waals surface area contributed by atoms with E-state index in [2.05, 4.69) is 12.2 Å². The predicted molar refractivity (Wildman–Crippen MR) is 96.8 cm³/mol. The zero-order valence-corrected chi connectivity index (χ0v) is 15.2. The summed E-state index contributed by atoms with van der Waals surface area (Å²) < 4.78 is 0. The molecule has 26 heavy (non-hydrogen) atoms. The fourth-order valence-corrected chi connectivity index (χ4v) is 2.84. The van der Waals surface area contributed by atoms with Gasteiger partial charge in [-0.25, -0.2) is 4.79 Å². The number of nitrogens with zero attached hydrogens (tertiary/aromatic N) is 1. The van der Waals surface area contributed by atoms with E-state index in [4.69, 9.17) is 5.11 Å². The zero-order chi connectivity index (χ0) is 19.3. The Labute approximate surface area is 153 Å². The third-order valence-corrected chi connectivity index (χ3v) is 4.63. The van der Waals surface area contributed by atoms with E-state index in [0.717, 1.165) is 31.9 Å². The maximum absolute atomic E-state index is 12.3. The quantitative estimate of drug-likeness (QED) is 0.647. The summed E-state index contributed by atoms with van der Waals surface area (Å²) in [5.74, 6) is -2.55. The van der Waals surface area contributed by atoms with Gasteiger partial charge in [-0.1, -0.05) is 25.5 Å². The average Bonchev–Trinajstić information content (AvgIpc) is 3.00. The van der Waals surface area contributed by atoms with Crippen molar-refractivity contribution < 1.29 is 24.6 Å². The van der Waals surface area contributed by atoms with Crippen LogP contribution in [-0.2, 0) is 20.8 Å². The first kappa shape index (κ1) is 19.9. The molecule has 0 radical (unpaired) electrons. The highest BCUT2D eigenvalue weighted by atomic mass is 16.4. The lowest BCUT2D eigenvalue weighted by Crippen LogP contribution is -2.48. The lowest BCUT2D eigenvalue weighted by Gasteiger charge is -2.20. The van der Waals surface area contributed by atoms with Crippen LogP contribution in [0.25, 0.3) is 0 Å². The summed E-state index contributed by atoms with van der Waals surface area (Å²) in [4.78, 5) is 36.9. The van der Waals surface area contributed by atoms with Crippen molar-refractivity contribution in [1.29, 1.82) is 0 Å². The minimum atomic E-state index is -2.04. The van der Waals surface area contributed by atoms with E-state index < -0.39 is 29.9 Å². The molecule has 0 aliphatic carbocycles. The van der Waals surface area contributed by atoms with Crippen molar-refractivity contribution in [1.82, 2.24) is 5.32 Å². The van der Waals surface area contributed by atoms with Crippen LogP contribution in [0, 0.1) is 5.92 Å². The van der Waals surface area contributed by atoms with Crippen molar-refractivity contribution in [3.05, 3.63) is 29.8 Å². The van der Waals surface area contributed by atoms with E-state index in [1.807, 2.05) is 24.3 Å². The lowest BCUT2D eigenvalue weighted by molar-refractivity contribution is -0.156. The van der Waals surface area contributed by atoms with Crippen molar-refractivity contribution in [3.63, 3.8) is 0 Å². The van der Waals surface area contributed by atoms with E-state index >= 15 is 0 Å². The summed E-state index contributed by atoms with van der Waals surface area (Å²) in [6, 6.07) is 7.77. The first-order valence-corrected chi connectivity index (χ1v) is 8.87. The normalized spacial score (nSPS) is 19.3. The molecule has 0 saturated carbocycles. The second kappa shape index (κ2) is 8.31. The zero-order valence-electron chi connectivity index (χ0n) is 15.2. The molecule has 1 aliphatic heterocycles. The number of hydrogen-bond donors (Lipinski definition) is 3. The molecule has 1 aromatic carbocycles. The molecule has 1 aromatic rings. The Morgan fingerprint density at radius 1 is 1.31 bits per heavy atom. The van der Waals surface area contributed by atoms with Crippen LogP contribution in [0.3, 0.4) is 0 Å². The van der Waals surface area contributed by atoms with Crippen LogP contribution in [0.1, 0.15) is 38.7 Å². The van der Waals surface area contributed by atoms with Gasteiger partial charge in [0.25, 0.3) is 0 Å². The Morgan fingerprint density at radius 3 is 2.54 bits per heavy atom. The minimum absolute atomic E-state index is 0.0681. The molecule has 2 rings (SSSR count). The van der Waals surface area contributed by atoms with Crippen LogP contribution in [0.2, 0.25) is 0 Å². The molecule has 0 bridgehead atoms. The lowest BCUT2D eigenvalue weighted by atomic mass is 10.1. The molecule has 1 saturated heterocycles. The molecule has 1 fully saturated rings. The van der Waals surface area contributed by atoms with Gasteiger partial charge in [-0.2, -0.15) is 0 Å². The SMILES string of the molecule is CCCCc1ccc(N2CC(C(=O)NCC(C)(O)C(=O)O)CC2=O)cc1. The number of carbonyl (C=O) groups is 3. The van der Waals surface area contributed by atoms with E-state index in [9.17, 15) is 19.5 Å². The molecule has 2 unspecified atom stereocenters. The maximum Gasteiger partial charge on any atom is 0.337 e. The Kier molecular flexibility index (Phi) is 6.37. The number of carboxylic acids is 1. The van der Waals surface area contributed by atoms with E-state index in [1.54, 1.807) is 4.90 Å². The molecule has 0 spiro atoms. The number of unbranched alkanes of at least 4 members (excludes halogenated alkanes) is 1. The number of rotatable bonds is 8. The standard InChI is InChI=1S/C19H26N2O5/c1-3-4-5-13-6-8-15(9-7-13)21-11-14(10-16(21)22)17(23)20-12-19(2,26)18(24)25/h6-9,14,26H,3-5,10-12H2,1-2H3,(H,20,23)(H,24,25). The number of aliphatic hydroxyl groups is 1. The number of aliphatic carboxylic acids is 1. The van der Waals surface area contributed by atoms with Crippen molar-refractivity contribution in [2.45, 2.75) is 45.1 Å². The van der Waals surface area contributed by atoms with Crippen molar-refractivity contribution in [2.75, 3.05) is 18.0 Å². The predicted octanol–water partition coefficient (Wildman–Crippen LogP) is 1.33. The maximum atomic E-state index is 12.3. The summed E-state index contributed by atoms with van der Waals surface area (Å²) in [6.07, 6.45) is 3.31. The monoisotopic (exact) mass is 362 g/mol. The first-order valence-electron chi connectivity index (χ1n) is 8.87. The molecule has 2 amide bonds. The number of benzene rings is 1. The Morgan fingerprint density at radius 2 is 1.96 bits per heavy atom. The summed E-state index contributed by atoms with van der Waals surface area (Å²) in [5, 5.41) is 20.9. The fourth-order valence-electron chi connectivity index (χ4n) is 2.84. The molecule has 7 heteroatoms. The number of hydrogen-bond acceptors (Lipinski definition) is 4. The van der Waals surface area contributed by atoms with Crippen LogP contribution in [0.4, 0.5) is 5.69 Å². The van der Waals surface area contributed by atoms with Crippen molar-refractivity contribution >= 4 is 23.5 Å². The topological polar surface area (TPSA) is 107 Å². The number of nitrogens with one attached hydrogen (secondary N) is 1. The highest BCUT2D eigenvalue weighted by Crippen LogP contribution is 2.26. The van der Waals surface area contributed by atoms with Crippen LogP contribution in [-0.4, -0.2) is 46.7 Å². The first-order chi connectivity index (χ1) is 12.2. The molecule has 1 heterocycles. The summed E-state index contributed by atoms with van der Waals surface area (Å²) in [7, 11) is 0. The van der Waals surface area contributed by atoms with Crippen LogP contribution < -0.4 is 10.2 Å². The van der Waals surface area contributed by atoms with E-state index in [1.165, 1.54) is 5.56 Å². The molecule has 142 valence electrons. The Bertz CT molecular complexity index is 669. The van der Waals surface area contributed by atoms with E-state index in [-0.39, 0.29) is 18.9 Å². The fraction of sp³-hybridized carbons (Fsp3) is 0.526. The number of carboxylic acid groups (broad SMARTS) is 1. The third kappa shape index (κ3) is 4.82. The third-order valence-electron chi connectivity index (χ3n) is 4.63. The second-order valence-electron chi connectivity index (χ2n) is 6.97. The highest BCUT2D eigenvalue weighted by molar-refractivity contribution is 6.00. The molecule has 0 aromatic heterocycles. The number of carbonyl (C=O) groups excluding carboxylic acids is 2. The van der Waals surface area contributed by atoms with Crippen LogP contribution >= 0.6 is 0 Å². The summed E-state index contributed by atoms with van der Waals surface area (Å²) >= 11 is 0. The van der Waals surface area contributed by atoms with E-state index in [0.29, 0.717) is 0 Å². The van der Waals surface area contributed by atoms with Crippen molar-refractivity contribution in [3.8, 4) is 0 Å². The molecule has 1 aliphatic rings. The van der Waals surface area contributed by atoms with Crippen LogP contribution in [0.5, 0.6) is 0 Å². The molecule has 3 N–H and O–H groups in total. The number of amides is 2. The highest BCUT2D eigenvalue weighted by Gasteiger charge is 2.37. The van der Waals surface area contributed by atoms with Gasteiger partial charge in [0.1, 0.15) is 0 Å². The molecule has 7 nitrogen and oxygen atoms in total. The summed E-state index contributed by atoms with van der Waals surface area (Å²) in [6.45, 7) is 3.09. The van der Waals surface area contributed by atoms with Gasteiger partial charge in [0.05, 0.1) is 12.5 Å². The van der Waals surface area contributed by atoms with Gasteiger partial charge in [0.15, 0.2) is 5.60 Å². The number of anilines is 1. The van der Waals surface area contributed by atoms with Gasteiger partial charge in [0.2, 0.25) is 11.8 Å². The van der Waals surface area contributed by atoms with Crippen molar-refractivity contribution in [2.24, 2.45) is 5.92 Å². The molecular formula is C19H26N2O5. The van der Waals surface area contributed by atoms with Crippen LogP contribution in [0.15, 0.2) is 24.3 Å². The van der Waals surface area contributed by atoms with Gasteiger partial charge in [-0.15, -0.1) is 0 Å². The largest absolute Gasteiger partial charge is 0.479 e. The van der Waals surface area contributed by atoms with Gasteiger partial charge in [-0.3, -0.25) is 9.59 Å². The summed E-state index contributed by atoms with van der Waals surface area (Å²) in [5.41, 5.74) is -0.0674. The smallest absolute Gasteiger partial charge is 0.337 e. The van der Waals surface area contributed by atoms with Gasteiger partial charge in [0, 0.05) is 18.7 Å².